The topological polar surface area (TPSA) is 127 Å². The molecule has 3 N–H and O–H groups in total. The van der Waals surface area contributed by atoms with Crippen molar-refractivity contribution in [3.8, 4) is 5.75 Å². The van der Waals surface area contributed by atoms with E-state index in [1.807, 2.05) is 0 Å². The predicted octanol–water partition coefficient (Wildman–Crippen LogP) is -0.0366. The largest absolute Gasteiger partial charge is 0.484 e. The molecule has 1 fully saturated rings. The Morgan fingerprint density at radius 1 is 1.20 bits per heavy atom. The van der Waals surface area contributed by atoms with Gasteiger partial charge in [0.05, 0.1) is 12.3 Å². The molecule has 1 aromatic carbocycles. The number of benzene rings is 1. The van der Waals surface area contributed by atoms with Crippen LogP contribution in [0.4, 0.5) is 0 Å². The van der Waals surface area contributed by atoms with E-state index in [0.29, 0.717) is 37.4 Å². The molecular weight excluding hydrogens is 392 g/mol. The van der Waals surface area contributed by atoms with E-state index in [-0.39, 0.29) is 18.6 Å². The van der Waals surface area contributed by atoms with Crippen LogP contribution in [0, 0.1) is 0 Å². The van der Waals surface area contributed by atoms with Crippen molar-refractivity contribution in [2.45, 2.75) is 25.4 Å². The van der Waals surface area contributed by atoms with Crippen molar-refractivity contribution in [3.63, 3.8) is 0 Å². The van der Waals surface area contributed by atoms with E-state index in [9.17, 15) is 14.4 Å². The first-order valence-corrected chi connectivity index (χ1v) is 9.80. The summed E-state index contributed by atoms with van der Waals surface area (Å²) in [6.45, 7) is 2.00. The average Bonchev–Trinajstić information content (AvgIpc) is 3.28. The molecule has 0 aliphatic carbocycles. The van der Waals surface area contributed by atoms with Crippen LogP contribution in [0.2, 0.25) is 0 Å². The lowest BCUT2D eigenvalue weighted by Gasteiger charge is -2.11. The van der Waals surface area contributed by atoms with Crippen LogP contribution >= 0.6 is 0 Å². The van der Waals surface area contributed by atoms with E-state index < -0.39 is 11.8 Å². The minimum absolute atomic E-state index is 0.0876. The van der Waals surface area contributed by atoms with Crippen LogP contribution in [0.15, 0.2) is 29.4 Å². The highest BCUT2D eigenvalue weighted by Gasteiger charge is 2.16. The van der Waals surface area contributed by atoms with Gasteiger partial charge in [-0.1, -0.05) is 0 Å². The molecule has 1 saturated heterocycles. The number of hydrogen-bond donors (Lipinski definition) is 3. The van der Waals surface area contributed by atoms with Gasteiger partial charge in [-0.2, -0.15) is 5.10 Å². The maximum absolute atomic E-state index is 11.8. The Balaban J connectivity index is 1.65. The molecule has 1 aliphatic heterocycles. The molecule has 0 bridgehead atoms. The van der Waals surface area contributed by atoms with Crippen LogP contribution in [0.1, 0.15) is 24.8 Å². The smallest absolute Gasteiger partial charge is 0.329 e. The Morgan fingerprint density at radius 2 is 2.00 bits per heavy atom. The van der Waals surface area contributed by atoms with E-state index in [1.165, 1.54) is 6.21 Å². The molecule has 0 radical (unpaired) electrons. The Bertz CT molecular complexity index is 717. The van der Waals surface area contributed by atoms with E-state index in [4.69, 9.17) is 14.2 Å². The van der Waals surface area contributed by atoms with Gasteiger partial charge in [0.1, 0.15) is 5.75 Å². The van der Waals surface area contributed by atoms with Gasteiger partial charge in [0.25, 0.3) is 5.91 Å². The molecule has 10 heteroatoms. The molecule has 0 saturated carbocycles. The number of ether oxygens (including phenoxy) is 3. The molecule has 1 heterocycles. The normalized spacial score (nSPS) is 15.7. The summed E-state index contributed by atoms with van der Waals surface area (Å²) in [6.07, 6.45) is 4.09. The summed E-state index contributed by atoms with van der Waals surface area (Å²) < 4.78 is 15.7. The fraction of sp³-hybridized carbons (Fsp3) is 0.500. The van der Waals surface area contributed by atoms with Gasteiger partial charge < -0.3 is 24.8 Å². The summed E-state index contributed by atoms with van der Waals surface area (Å²) in [6, 6.07) is 6.78. The molecular formula is C20H28N4O6. The van der Waals surface area contributed by atoms with Gasteiger partial charge in [-0.15, -0.1) is 0 Å². The third kappa shape index (κ3) is 9.01. The summed E-state index contributed by atoms with van der Waals surface area (Å²) in [5, 5.41) is 8.99. The summed E-state index contributed by atoms with van der Waals surface area (Å²) in [5.74, 6) is -1.29. The van der Waals surface area contributed by atoms with Crippen LogP contribution in [0.3, 0.4) is 0 Å². The van der Waals surface area contributed by atoms with Crippen molar-refractivity contribution in [3.05, 3.63) is 29.8 Å². The van der Waals surface area contributed by atoms with Crippen LogP contribution in [-0.2, 0) is 23.9 Å². The van der Waals surface area contributed by atoms with Crippen molar-refractivity contribution >= 4 is 23.9 Å². The first kappa shape index (κ1) is 23.3. The fourth-order valence-electron chi connectivity index (χ4n) is 2.60. The van der Waals surface area contributed by atoms with Crippen molar-refractivity contribution in [1.29, 1.82) is 0 Å². The number of nitrogens with zero attached hydrogens (tertiary/aromatic N) is 1. The fourth-order valence-corrected chi connectivity index (χ4v) is 2.60. The zero-order valence-electron chi connectivity index (χ0n) is 17.0. The number of carbonyl (C=O) groups excluding carboxylic acids is 3. The van der Waals surface area contributed by atoms with Gasteiger partial charge in [0, 0.05) is 33.4 Å². The molecule has 164 valence electrons. The van der Waals surface area contributed by atoms with E-state index in [1.54, 1.807) is 31.4 Å². The van der Waals surface area contributed by atoms with Crippen LogP contribution < -0.4 is 20.8 Å². The second kappa shape index (κ2) is 13.3. The Labute approximate surface area is 175 Å². The molecule has 10 nitrogen and oxygen atoms in total. The highest BCUT2D eigenvalue weighted by molar-refractivity contribution is 6.35. The first-order chi connectivity index (χ1) is 14.6. The lowest BCUT2D eigenvalue weighted by Crippen LogP contribution is -2.38. The number of nitrogens with one attached hydrogen (secondary N) is 3. The number of hydrogen-bond acceptors (Lipinski definition) is 7. The summed E-state index contributed by atoms with van der Waals surface area (Å²) >= 11 is 0. The number of hydrazone groups is 1. The molecule has 2 rings (SSSR count). The summed E-state index contributed by atoms with van der Waals surface area (Å²) in [7, 11) is 1.56. The zero-order chi connectivity index (χ0) is 21.6. The third-order valence-electron chi connectivity index (χ3n) is 4.20. The van der Waals surface area contributed by atoms with E-state index >= 15 is 0 Å². The maximum Gasteiger partial charge on any atom is 0.329 e. The first-order valence-electron chi connectivity index (χ1n) is 9.80. The van der Waals surface area contributed by atoms with Crippen LogP contribution in [0.25, 0.3) is 0 Å². The lowest BCUT2D eigenvalue weighted by molar-refractivity contribution is -0.139. The van der Waals surface area contributed by atoms with Crippen molar-refractivity contribution in [2.75, 3.05) is 40.0 Å². The van der Waals surface area contributed by atoms with Crippen LogP contribution in [0.5, 0.6) is 5.75 Å². The van der Waals surface area contributed by atoms with E-state index in [0.717, 1.165) is 19.4 Å². The number of carbonyl (C=O) groups is 3. The van der Waals surface area contributed by atoms with Gasteiger partial charge in [0.2, 0.25) is 0 Å². The highest BCUT2D eigenvalue weighted by Crippen LogP contribution is 2.12. The van der Waals surface area contributed by atoms with E-state index in [2.05, 4.69) is 21.2 Å². The molecule has 0 unspecified atom stereocenters. The SMILES string of the molecule is COCCCNC(=O)C(=O)N/N=C\c1ccc(OCC(=O)NC[C@H]2CCCO2)cc1. The minimum atomic E-state index is -0.849. The maximum atomic E-state index is 11.8. The summed E-state index contributed by atoms with van der Waals surface area (Å²) in [5.41, 5.74) is 2.84. The lowest BCUT2D eigenvalue weighted by atomic mass is 10.2. The predicted molar refractivity (Wildman–Crippen MR) is 109 cm³/mol. The monoisotopic (exact) mass is 420 g/mol. The summed E-state index contributed by atoms with van der Waals surface area (Å²) in [4.78, 5) is 35.0. The van der Waals surface area contributed by atoms with Crippen molar-refractivity contribution < 1.29 is 28.6 Å². The standard InChI is InChI=1S/C20H28N4O6/c1-28-10-3-9-21-19(26)20(27)24-23-12-15-5-7-16(8-6-15)30-14-18(25)22-13-17-4-2-11-29-17/h5-8,12,17H,2-4,9-11,13-14H2,1H3,(H,21,26)(H,22,25)(H,24,27)/b23-12-/t17-/m1/s1. The Morgan fingerprint density at radius 3 is 2.70 bits per heavy atom. The van der Waals surface area contributed by atoms with Crippen molar-refractivity contribution in [2.24, 2.45) is 5.10 Å². The second-order valence-corrected chi connectivity index (χ2v) is 6.60. The molecule has 3 amide bonds. The van der Waals surface area contributed by atoms with Gasteiger partial charge in [-0.05, 0) is 49.1 Å². The molecule has 0 aromatic heterocycles. The van der Waals surface area contributed by atoms with Crippen LogP contribution in [-0.4, -0.2) is 70.1 Å². The number of rotatable bonds is 11. The van der Waals surface area contributed by atoms with Gasteiger partial charge >= 0.3 is 11.8 Å². The van der Waals surface area contributed by atoms with Gasteiger partial charge in [0.15, 0.2) is 6.61 Å². The van der Waals surface area contributed by atoms with Crippen molar-refractivity contribution in [1.82, 2.24) is 16.1 Å². The van der Waals surface area contributed by atoms with Gasteiger partial charge in [-0.25, -0.2) is 5.43 Å². The molecule has 1 atom stereocenters. The Kier molecular flexibility index (Phi) is 10.3. The third-order valence-corrected chi connectivity index (χ3v) is 4.20. The molecule has 0 spiro atoms. The Hall–Kier alpha value is -2.98. The second-order valence-electron chi connectivity index (χ2n) is 6.60. The molecule has 1 aromatic rings. The minimum Gasteiger partial charge on any atom is -0.484 e. The molecule has 1 aliphatic rings. The van der Waals surface area contributed by atoms with Gasteiger partial charge in [-0.3, -0.25) is 14.4 Å². The highest BCUT2D eigenvalue weighted by atomic mass is 16.5. The quantitative estimate of drug-likeness (QED) is 0.200. The average molecular weight is 420 g/mol. The number of methoxy groups -OCH3 is 1. The number of amides is 3. The zero-order valence-corrected chi connectivity index (χ0v) is 17.0. The molecule has 30 heavy (non-hydrogen) atoms.